The molecule has 0 unspecified atom stereocenters. The Morgan fingerprint density at radius 1 is 1.27 bits per heavy atom. The minimum Gasteiger partial charge on any atom is -0.367 e. The van der Waals surface area contributed by atoms with Crippen molar-refractivity contribution in [3.8, 4) is 0 Å². The lowest BCUT2D eigenvalue weighted by Gasteiger charge is -2.31. The Morgan fingerprint density at radius 2 is 2.05 bits per heavy atom. The monoisotopic (exact) mass is 338 g/mol. The Labute approximate surface area is 134 Å². The predicted octanol–water partition coefficient (Wildman–Crippen LogP) is 2.11. The minimum atomic E-state index is -3.34. The van der Waals surface area contributed by atoms with E-state index in [1.165, 1.54) is 17.7 Å². The molecule has 0 aliphatic carbocycles. The average molecular weight is 338 g/mol. The second kappa shape index (κ2) is 6.31. The van der Waals surface area contributed by atoms with Gasteiger partial charge in [0.25, 0.3) is 10.0 Å². The van der Waals surface area contributed by atoms with Crippen molar-refractivity contribution >= 4 is 27.2 Å². The quantitative estimate of drug-likeness (QED) is 0.924. The van der Waals surface area contributed by atoms with Crippen LogP contribution in [0.1, 0.15) is 17.7 Å². The highest BCUT2D eigenvalue weighted by atomic mass is 32.2. The molecule has 118 valence electrons. The maximum Gasteiger partial charge on any atom is 0.252 e. The van der Waals surface area contributed by atoms with E-state index in [1.54, 1.807) is 16.6 Å². The second-order valence-electron chi connectivity index (χ2n) is 5.28. The third-order valence-electron chi connectivity index (χ3n) is 3.70. The Morgan fingerprint density at radius 3 is 2.64 bits per heavy atom. The first-order valence-electron chi connectivity index (χ1n) is 7.15. The van der Waals surface area contributed by atoms with Crippen LogP contribution in [0.2, 0.25) is 0 Å². The standard InChI is InChI=1S/C14H18N4O2S2/c1-11-2-3-14(21-11)22(19,20)18-8-5-12(6-9-18)17-13-4-7-15-10-16-13/h2-4,7,10,12H,5-6,8-9H2,1H3,(H,15,16,17). The molecule has 0 aromatic carbocycles. The fourth-order valence-corrected chi connectivity index (χ4v) is 5.41. The Kier molecular flexibility index (Phi) is 4.42. The Hall–Kier alpha value is -1.51. The van der Waals surface area contributed by atoms with E-state index in [-0.39, 0.29) is 6.04 Å². The van der Waals surface area contributed by atoms with Gasteiger partial charge in [0, 0.05) is 30.2 Å². The number of thiophene rings is 1. The van der Waals surface area contributed by atoms with E-state index in [1.807, 2.05) is 19.1 Å². The molecule has 0 amide bonds. The van der Waals surface area contributed by atoms with Crippen LogP contribution in [0.25, 0.3) is 0 Å². The highest BCUT2D eigenvalue weighted by molar-refractivity contribution is 7.91. The summed E-state index contributed by atoms with van der Waals surface area (Å²) in [5, 5.41) is 3.33. The topological polar surface area (TPSA) is 75.2 Å². The normalized spacial score (nSPS) is 17.5. The van der Waals surface area contributed by atoms with Gasteiger partial charge in [0.15, 0.2) is 0 Å². The lowest BCUT2D eigenvalue weighted by molar-refractivity contribution is 0.330. The van der Waals surface area contributed by atoms with Crippen LogP contribution in [0.15, 0.2) is 34.9 Å². The SMILES string of the molecule is Cc1ccc(S(=O)(=O)N2CCC(Nc3ccncn3)CC2)s1. The molecule has 22 heavy (non-hydrogen) atoms. The lowest BCUT2D eigenvalue weighted by Crippen LogP contribution is -2.42. The van der Waals surface area contributed by atoms with E-state index in [2.05, 4.69) is 15.3 Å². The smallest absolute Gasteiger partial charge is 0.252 e. The molecule has 0 saturated carbocycles. The summed E-state index contributed by atoms with van der Waals surface area (Å²) in [5.74, 6) is 0.783. The van der Waals surface area contributed by atoms with Crippen LogP contribution in [0.5, 0.6) is 0 Å². The van der Waals surface area contributed by atoms with Gasteiger partial charge in [-0.1, -0.05) is 0 Å². The van der Waals surface area contributed by atoms with Gasteiger partial charge in [-0.25, -0.2) is 18.4 Å². The number of rotatable bonds is 4. The van der Waals surface area contributed by atoms with E-state index in [0.717, 1.165) is 23.5 Å². The summed E-state index contributed by atoms with van der Waals surface area (Å²) in [5.41, 5.74) is 0. The van der Waals surface area contributed by atoms with Crippen LogP contribution in [-0.4, -0.2) is 41.8 Å². The van der Waals surface area contributed by atoms with E-state index >= 15 is 0 Å². The van der Waals surface area contributed by atoms with E-state index in [4.69, 9.17) is 0 Å². The molecule has 1 saturated heterocycles. The van der Waals surface area contributed by atoms with E-state index < -0.39 is 10.0 Å². The van der Waals surface area contributed by atoms with Crippen LogP contribution in [-0.2, 0) is 10.0 Å². The highest BCUT2D eigenvalue weighted by Gasteiger charge is 2.30. The number of hydrogen-bond donors (Lipinski definition) is 1. The van der Waals surface area contributed by atoms with Gasteiger partial charge in [-0.2, -0.15) is 4.31 Å². The van der Waals surface area contributed by atoms with Gasteiger partial charge in [0.1, 0.15) is 16.4 Å². The third-order valence-corrected chi connectivity index (χ3v) is 7.06. The maximum absolute atomic E-state index is 12.6. The second-order valence-corrected chi connectivity index (χ2v) is 8.74. The molecule has 2 aromatic rings. The molecule has 3 heterocycles. The van der Waals surface area contributed by atoms with Crippen molar-refractivity contribution < 1.29 is 8.42 Å². The number of aromatic nitrogens is 2. The van der Waals surface area contributed by atoms with Crippen LogP contribution < -0.4 is 5.32 Å². The summed E-state index contributed by atoms with van der Waals surface area (Å²) >= 11 is 1.33. The Balaban J connectivity index is 1.62. The molecule has 1 N–H and O–H groups in total. The summed E-state index contributed by atoms with van der Waals surface area (Å²) in [7, 11) is -3.34. The summed E-state index contributed by atoms with van der Waals surface area (Å²) in [6.07, 6.45) is 4.73. The van der Waals surface area contributed by atoms with Crippen molar-refractivity contribution in [2.75, 3.05) is 18.4 Å². The fraction of sp³-hybridized carbons (Fsp3) is 0.429. The average Bonchev–Trinajstić information content (AvgIpc) is 2.96. The highest BCUT2D eigenvalue weighted by Crippen LogP contribution is 2.27. The van der Waals surface area contributed by atoms with Gasteiger partial charge in [0.2, 0.25) is 0 Å². The van der Waals surface area contributed by atoms with Crippen LogP contribution in [0.4, 0.5) is 5.82 Å². The van der Waals surface area contributed by atoms with Gasteiger partial charge < -0.3 is 5.32 Å². The molecule has 8 heteroatoms. The maximum atomic E-state index is 12.6. The predicted molar refractivity (Wildman–Crippen MR) is 86.5 cm³/mol. The van der Waals surface area contributed by atoms with Crippen molar-refractivity contribution in [1.82, 2.24) is 14.3 Å². The molecule has 0 spiro atoms. The fourth-order valence-electron chi connectivity index (χ4n) is 2.50. The summed E-state index contributed by atoms with van der Waals surface area (Å²) < 4.78 is 27.1. The van der Waals surface area contributed by atoms with Gasteiger partial charge in [-0.3, -0.25) is 0 Å². The zero-order valence-corrected chi connectivity index (χ0v) is 13.9. The number of anilines is 1. The molecule has 0 radical (unpaired) electrons. The van der Waals surface area contributed by atoms with Gasteiger partial charge >= 0.3 is 0 Å². The molecule has 1 aliphatic heterocycles. The molecular weight excluding hydrogens is 320 g/mol. The summed E-state index contributed by atoms with van der Waals surface area (Å²) in [4.78, 5) is 9.03. The van der Waals surface area contributed by atoms with E-state index in [0.29, 0.717) is 17.3 Å². The Bertz CT molecular complexity index is 722. The van der Waals surface area contributed by atoms with Gasteiger partial charge in [0.05, 0.1) is 0 Å². The first kappa shape index (κ1) is 15.4. The first-order valence-corrected chi connectivity index (χ1v) is 9.40. The molecule has 0 bridgehead atoms. The zero-order valence-electron chi connectivity index (χ0n) is 12.3. The molecule has 1 aliphatic rings. The van der Waals surface area contributed by atoms with Crippen LogP contribution in [0.3, 0.4) is 0 Å². The lowest BCUT2D eigenvalue weighted by atomic mass is 10.1. The van der Waals surface area contributed by atoms with Crippen molar-refractivity contribution in [2.45, 2.75) is 30.0 Å². The van der Waals surface area contributed by atoms with Crippen LogP contribution >= 0.6 is 11.3 Å². The number of aryl methyl sites for hydroxylation is 1. The van der Waals surface area contributed by atoms with Gasteiger partial charge in [-0.05, 0) is 38.0 Å². The van der Waals surface area contributed by atoms with E-state index in [9.17, 15) is 8.42 Å². The summed E-state index contributed by atoms with van der Waals surface area (Å²) in [6.45, 7) is 2.98. The van der Waals surface area contributed by atoms with Crippen molar-refractivity contribution in [3.05, 3.63) is 35.6 Å². The van der Waals surface area contributed by atoms with Gasteiger partial charge in [-0.15, -0.1) is 11.3 Å². The molecule has 2 aromatic heterocycles. The van der Waals surface area contributed by atoms with Crippen LogP contribution in [0, 0.1) is 6.92 Å². The zero-order chi connectivity index (χ0) is 15.6. The first-order chi connectivity index (χ1) is 10.6. The largest absolute Gasteiger partial charge is 0.367 e. The molecule has 1 fully saturated rings. The number of piperidine rings is 1. The van der Waals surface area contributed by atoms with Crippen molar-refractivity contribution in [2.24, 2.45) is 0 Å². The van der Waals surface area contributed by atoms with Crippen molar-refractivity contribution in [1.29, 1.82) is 0 Å². The molecular formula is C14H18N4O2S2. The number of sulfonamides is 1. The number of hydrogen-bond acceptors (Lipinski definition) is 6. The minimum absolute atomic E-state index is 0.242. The molecule has 3 rings (SSSR count). The third kappa shape index (κ3) is 3.29. The van der Waals surface area contributed by atoms with Crippen molar-refractivity contribution in [3.63, 3.8) is 0 Å². The number of nitrogens with one attached hydrogen (secondary N) is 1. The number of nitrogens with zero attached hydrogens (tertiary/aromatic N) is 3. The molecule has 0 atom stereocenters. The molecule has 6 nitrogen and oxygen atoms in total. The summed E-state index contributed by atoms with van der Waals surface area (Å²) in [6, 6.07) is 5.60.